The number of benzene rings is 1. The number of halogens is 3. The monoisotopic (exact) mass is 308 g/mol. The third-order valence-corrected chi connectivity index (χ3v) is 3.87. The minimum absolute atomic E-state index is 0.0691. The number of rotatable bonds is 3. The predicted octanol–water partition coefficient (Wildman–Crippen LogP) is 2.75. The molecule has 0 bridgehead atoms. The molecule has 1 aliphatic heterocycles. The molecule has 7 heteroatoms. The Labute approximate surface area is 126 Å². The highest BCUT2D eigenvalue weighted by Gasteiger charge is 2.33. The molecule has 0 aliphatic carbocycles. The van der Waals surface area contributed by atoms with Crippen molar-refractivity contribution in [3.63, 3.8) is 0 Å². The Bertz CT molecular complexity index is 662. The zero-order valence-electron chi connectivity index (χ0n) is 11.9. The summed E-state index contributed by atoms with van der Waals surface area (Å²) in [5.41, 5.74) is 0.679. The molecule has 0 amide bonds. The summed E-state index contributed by atoms with van der Waals surface area (Å²) < 4.78 is 39.4. The van der Waals surface area contributed by atoms with Crippen molar-refractivity contribution in [1.29, 1.82) is 0 Å². The van der Waals surface area contributed by atoms with E-state index in [2.05, 4.69) is 15.3 Å². The van der Waals surface area contributed by atoms with Crippen LogP contribution < -0.4 is 5.32 Å². The van der Waals surface area contributed by atoms with Gasteiger partial charge in [-0.3, -0.25) is 4.90 Å². The molecule has 2 unspecified atom stereocenters. The zero-order chi connectivity index (χ0) is 15.7. The third-order valence-electron chi connectivity index (χ3n) is 3.87. The standard InChI is InChI=1S/C15H15F3N4/c1-22-5-4-13(21-15-19-7-10(16)8-20-15)14(22)9-2-3-11(17)12(18)6-9/h2-3,6-8,13-14H,4-5H2,1H3,(H,19,20,21). The highest BCUT2D eigenvalue weighted by atomic mass is 19.2. The zero-order valence-corrected chi connectivity index (χ0v) is 11.9. The van der Waals surface area contributed by atoms with E-state index in [0.717, 1.165) is 31.4 Å². The minimum Gasteiger partial charge on any atom is -0.350 e. The molecule has 0 spiro atoms. The van der Waals surface area contributed by atoms with Gasteiger partial charge in [0.2, 0.25) is 5.95 Å². The van der Waals surface area contributed by atoms with E-state index in [1.54, 1.807) is 6.07 Å². The molecule has 0 saturated carbocycles. The second-order valence-corrected chi connectivity index (χ2v) is 5.36. The van der Waals surface area contributed by atoms with E-state index in [0.29, 0.717) is 11.5 Å². The number of nitrogens with zero attached hydrogens (tertiary/aromatic N) is 3. The summed E-state index contributed by atoms with van der Waals surface area (Å²) in [5.74, 6) is -1.93. The van der Waals surface area contributed by atoms with Gasteiger partial charge in [0.05, 0.1) is 18.4 Å². The molecule has 1 aromatic heterocycles. The summed E-state index contributed by atoms with van der Waals surface area (Å²) in [6, 6.07) is 3.71. The Kier molecular flexibility index (Phi) is 3.98. The van der Waals surface area contributed by atoms with Crippen LogP contribution in [-0.4, -0.2) is 34.5 Å². The Balaban J connectivity index is 1.84. The number of hydrogen-bond donors (Lipinski definition) is 1. The van der Waals surface area contributed by atoms with E-state index >= 15 is 0 Å². The van der Waals surface area contributed by atoms with Gasteiger partial charge in [0.25, 0.3) is 0 Å². The molecular weight excluding hydrogens is 293 g/mol. The molecule has 1 saturated heterocycles. The lowest BCUT2D eigenvalue weighted by Crippen LogP contribution is -2.29. The molecule has 1 N–H and O–H groups in total. The van der Waals surface area contributed by atoms with Crippen molar-refractivity contribution in [1.82, 2.24) is 14.9 Å². The Morgan fingerprint density at radius 1 is 1.14 bits per heavy atom. The lowest BCUT2D eigenvalue weighted by molar-refractivity contribution is 0.307. The number of anilines is 1. The van der Waals surface area contributed by atoms with Gasteiger partial charge >= 0.3 is 0 Å². The fourth-order valence-corrected chi connectivity index (χ4v) is 2.83. The molecule has 1 aromatic carbocycles. The summed E-state index contributed by atoms with van der Waals surface area (Å²) >= 11 is 0. The number of nitrogens with one attached hydrogen (secondary N) is 1. The van der Waals surface area contributed by atoms with E-state index < -0.39 is 17.5 Å². The normalized spacial score (nSPS) is 22.0. The molecule has 0 radical (unpaired) electrons. The van der Waals surface area contributed by atoms with Gasteiger partial charge in [0.15, 0.2) is 17.5 Å². The van der Waals surface area contributed by atoms with Crippen molar-refractivity contribution in [2.24, 2.45) is 0 Å². The van der Waals surface area contributed by atoms with Crippen molar-refractivity contribution in [2.45, 2.75) is 18.5 Å². The van der Waals surface area contributed by atoms with E-state index in [4.69, 9.17) is 0 Å². The van der Waals surface area contributed by atoms with Gasteiger partial charge in [-0.2, -0.15) is 0 Å². The predicted molar refractivity (Wildman–Crippen MR) is 75.7 cm³/mol. The number of likely N-dealkylation sites (tertiary alicyclic amines) is 1. The van der Waals surface area contributed by atoms with Gasteiger partial charge in [-0.25, -0.2) is 23.1 Å². The van der Waals surface area contributed by atoms with Crippen LogP contribution in [-0.2, 0) is 0 Å². The van der Waals surface area contributed by atoms with Crippen LogP contribution in [0.1, 0.15) is 18.0 Å². The summed E-state index contributed by atoms with van der Waals surface area (Å²) in [7, 11) is 1.92. The molecular formula is C15H15F3N4. The first-order chi connectivity index (χ1) is 10.5. The van der Waals surface area contributed by atoms with Gasteiger partial charge in [-0.15, -0.1) is 0 Å². The quantitative estimate of drug-likeness (QED) is 0.946. The lowest BCUT2D eigenvalue weighted by atomic mass is 10.00. The summed E-state index contributed by atoms with van der Waals surface area (Å²) in [5, 5.41) is 3.13. The van der Waals surface area contributed by atoms with E-state index in [1.165, 1.54) is 6.07 Å². The molecule has 3 rings (SSSR count). The fourth-order valence-electron chi connectivity index (χ4n) is 2.83. The lowest BCUT2D eigenvalue weighted by Gasteiger charge is -2.26. The molecule has 4 nitrogen and oxygen atoms in total. The maximum atomic E-state index is 13.5. The maximum Gasteiger partial charge on any atom is 0.223 e. The van der Waals surface area contributed by atoms with Crippen molar-refractivity contribution in [3.05, 3.63) is 53.6 Å². The highest BCUT2D eigenvalue weighted by molar-refractivity contribution is 5.31. The van der Waals surface area contributed by atoms with Crippen LogP contribution in [0.4, 0.5) is 19.1 Å². The van der Waals surface area contributed by atoms with Crippen LogP contribution in [0.5, 0.6) is 0 Å². The van der Waals surface area contributed by atoms with Crippen LogP contribution in [0, 0.1) is 17.5 Å². The first-order valence-electron chi connectivity index (χ1n) is 6.94. The van der Waals surface area contributed by atoms with Crippen LogP contribution in [0.3, 0.4) is 0 Å². The largest absolute Gasteiger partial charge is 0.350 e. The summed E-state index contributed by atoms with van der Waals surface area (Å²) in [6.07, 6.45) is 2.96. The van der Waals surface area contributed by atoms with Crippen LogP contribution >= 0.6 is 0 Å². The second kappa shape index (κ2) is 5.92. The van der Waals surface area contributed by atoms with Gasteiger partial charge in [0, 0.05) is 12.6 Å². The topological polar surface area (TPSA) is 41.0 Å². The first kappa shape index (κ1) is 14.8. The molecule has 2 atom stereocenters. The van der Waals surface area contributed by atoms with Crippen molar-refractivity contribution >= 4 is 5.95 Å². The smallest absolute Gasteiger partial charge is 0.223 e. The number of likely N-dealkylation sites (N-methyl/N-ethyl adjacent to an activating group) is 1. The minimum atomic E-state index is -0.866. The van der Waals surface area contributed by atoms with E-state index in [-0.39, 0.29) is 12.1 Å². The SMILES string of the molecule is CN1CCC(Nc2ncc(F)cn2)C1c1ccc(F)c(F)c1. The number of hydrogen-bond acceptors (Lipinski definition) is 4. The van der Waals surface area contributed by atoms with Gasteiger partial charge in [0.1, 0.15) is 0 Å². The van der Waals surface area contributed by atoms with Crippen LogP contribution in [0.15, 0.2) is 30.6 Å². The van der Waals surface area contributed by atoms with E-state index in [9.17, 15) is 13.2 Å². The van der Waals surface area contributed by atoms with Crippen molar-refractivity contribution in [2.75, 3.05) is 18.9 Å². The Morgan fingerprint density at radius 2 is 1.86 bits per heavy atom. The molecule has 22 heavy (non-hydrogen) atoms. The van der Waals surface area contributed by atoms with Crippen molar-refractivity contribution in [3.8, 4) is 0 Å². The third kappa shape index (κ3) is 2.89. The summed E-state index contributed by atoms with van der Waals surface area (Å²) in [4.78, 5) is 9.80. The molecule has 116 valence electrons. The first-order valence-corrected chi connectivity index (χ1v) is 6.94. The Hall–Kier alpha value is -2.15. The van der Waals surface area contributed by atoms with E-state index in [1.807, 2.05) is 11.9 Å². The highest BCUT2D eigenvalue weighted by Crippen LogP contribution is 2.33. The molecule has 1 fully saturated rings. The van der Waals surface area contributed by atoms with Crippen LogP contribution in [0.25, 0.3) is 0 Å². The Morgan fingerprint density at radius 3 is 2.55 bits per heavy atom. The molecule has 2 heterocycles. The fraction of sp³-hybridized carbons (Fsp3) is 0.333. The van der Waals surface area contributed by atoms with Gasteiger partial charge in [-0.1, -0.05) is 6.07 Å². The van der Waals surface area contributed by atoms with Crippen LogP contribution in [0.2, 0.25) is 0 Å². The average molecular weight is 308 g/mol. The number of aromatic nitrogens is 2. The van der Waals surface area contributed by atoms with Gasteiger partial charge < -0.3 is 5.32 Å². The molecule has 2 aromatic rings. The summed E-state index contributed by atoms with van der Waals surface area (Å²) in [6.45, 7) is 0.794. The average Bonchev–Trinajstić information content (AvgIpc) is 2.85. The van der Waals surface area contributed by atoms with Gasteiger partial charge in [-0.05, 0) is 31.2 Å². The second-order valence-electron chi connectivity index (χ2n) is 5.36. The maximum absolute atomic E-state index is 13.5. The van der Waals surface area contributed by atoms with Crippen molar-refractivity contribution < 1.29 is 13.2 Å². The molecule has 1 aliphatic rings.